The summed E-state index contributed by atoms with van der Waals surface area (Å²) in [4.78, 5) is 13.6. The van der Waals surface area contributed by atoms with Crippen LogP contribution in [0.5, 0.6) is 5.75 Å². The van der Waals surface area contributed by atoms with Crippen LogP contribution in [0.3, 0.4) is 0 Å². The summed E-state index contributed by atoms with van der Waals surface area (Å²) >= 11 is 3.20. The first-order valence-electron chi connectivity index (χ1n) is 6.18. The van der Waals surface area contributed by atoms with Crippen LogP contribution in [0.15, 0.2) is 27.6 Å². The molecule has 0 saturated carbocycles. The van der Waals surface area contributed by atoms with Crippen LogP contribution < -0.4 is 9.88 Å². The van der Waals surface area contributed by atoms with Crippen molar-refractivity contribution in [1.82, 2.24) is 4.90 Å². The van der Waals surface area contributed by atoms with Crippen LogP contribution >= 0.6 is 15.9 Å². The monoisotopic (exact) mass is 378 g/mol. The van der Waals surface area contributed by atoms with Gasteiger partial charge in [0.2, 0.25) is 10.0 Å². The Labute approximate surface area is 131 Å². The van der Waals surface area contributed by atoms with E-state index in [1.54, 1.807) is 4.90 Å². The lowest BCUT2D eigenvalue weighted by Gasteiger charge is -2.26. The lowest BCUT2D eigenvalue weighted by Crippen LogP contribution is -2.43. The van der Waals surface area contributed by atoms with Gasteiger partial charge in [0.25, 0.3) is 5.91 Å². The predicted octanol–water partition coefficient (Wildman–Crippen LogP) is 0.334. The van der Waals surface area contributed by atoms with Crippen molar-refractivity contribution in [2.75, 3.05) is 32.9 Å². The molecular formula is C12H15BrN2O5S. The molecule has 0 bridgehead atoms. The minimum Gasteiger partial charge on any atom is -0.483 e. The minimum atomic E-state index is -3.77. The number of halogens is 1. The standard InChI is InChI=1S/C12H15BrN2O5S/c13-10-7-9(21(14,17)18)1-2-11(10)20-8-12(16)15-3-5-19-6-4-15/h1-2,7H,3-6,8H2,(H2,14,17,18). The van der Waals surface area contributed by atoms with E-state index in [-0.39, 0.29) is 17.4 Å². The van der Waals surface area contributed by atoms with Gasteiger partial charge in [-0.15, -0.1) is 0 Å². The van der Waals surface area contributed by atoms with Gasteiger partial charge >= 0.3 is 0 Å². The smallest absolute Gasteiger partial charge is 0.260 e. The topological polar surface area (TPSA) is 98.9 Å². The van der Waals surface area contributed by atoms with Crippen molar-refractivity contribution < 1.29 is 22.7 Å². The summed E-state index contributed by atoms with van der Waals surface area (Å²) in [6.45, 7) is 2.03. The number of morpholine rings is 1. The number of sulfonamides is 1. The molecule has 0 aliphatic carbocycles. The number of hydrogen-bond donors (Lipinski definition) is 1. The van der Waals surface area contributed by atoms with E-state index < -0.39 is 10.0 Å². The van der Waals surface area contributed by atoms with Gasteiger partial charge in [-0.1, -0.05) is 0 Å². The van der Waals surface area contributed by atoms with Gasteiger partial charge < -0.3 is 14.4 Å². The average molecular weight is 379 g/mol. The van der Waals surface area contributed by atoms with E-state index in [0.717, 1.165) is 0 Å². The number of primary sulfonamides is 1. The lowest BCUT2D eigenvalue weighted by atomic mass is 10.3. The molecule has 1 aromatic rings. The highest BCUT2D eigenvalue weighted by Crippen LogP contribution is 2.27. The zero-order valence-corrected chi connectivity index (χ0v) is 13.5. The van der Waals surface area contributed by atoms with Gasteiger partial charge in [-0.05, 0) is 34.1 Å². The van der Waals surface area contributed by atoms with Crippen LogP contribution in [-0.2, 0) is 19.6 Å². The van der Waals surface area contributed by atoms with Crippen molar-refractivity contribution in [3.05, 3.63) is 22.7 Å². The molecule has 1 fully saturated rings. The fraction of sp³-hybridized carbons (Fsp3) is 0.417. The Bertz CT molecular complexity index is 629. The molecule has 0 unspecified atom stereocenters. The largest absolute Gasteiger partial charge is 0.483 e. The summed E-state index contributed by atoms with van der Waals surface area (Å²) in [6.07, 6.45) is 0. The van der Waals surface area contributed by atoms with E-state index in [4.69, 9.17) is 14.6 Å². The van der Waals surface area contributed by atoms with Gasteiger partial charge in [0.1, 0.15) is 5.75 Å². The number of amides is 1. The molecule has 1 saturated heterocycles. The molecule has 0 aromatic heterocycles. The number of hydrogen-bond acceptors (Lipinski definition) is 5. The van der Waals surface area contributed by atoms with Gasteiger partial charge in [-0.25, -0.2) is 13.6 Å². The van der Waals surface area contributed by atoms with E-state index in [9.17, 15) is 13.2 Å². The molecule has 9 heteroatoms. The van der Waals surface area contributed by atoms with E-state index in [1.807, 2.05) is 0 Å². The van der Waals surface area contributed by atoms with Gasteiger partial charge in [0.15, 0.2) is 6.61 Å². The molecule has 0 radical (unpaired) electrons. The van der Waals surface area contributed by atoms with Crippen molar-refractivity contribution in [3.8, 4) is 5.75 Å². The first-order valence-corrected chi connectivity index (χ1v) is 8.52. The fourth-order valence-corrected chi connectivity index (χ4v) is 3.00. The third kappa shape index (κ3) is 4.40. The molecule has 7 nitrogen and oxygen atoms in total. The number of rotatable bonds is 4. The summed E-state index contributed by atoms with van der Waals surface area (Å²) in [5.41, 5.74) is 0. The molecule has 1 aromatic carbocycles. The fourth-order valence-electron chi connectivity index (χ4n) is 1.82. The van der Waals surface area contributed by atoms with E-state index in [1.165, 1.54) is 18.2 Å². The molecule has 0 spiro atoms. The third-order valence-corrected chi connectivity index (χ3v) is 4.48. The number of ether oxygens (including phenoxy) is 2. The van der Waals surface area contributed by atoms with Gasteiger partial charge in [0.05, 0.1) is 22.6 Å². The maximum absolute atomic E-state index is 11.9. The van der Waals surface area contributed by atoms with Crippen LogP contribution in [0.1, 0.15) is 0 Å². The van der Waals surface area contributed by atoms with Crippen molar-refractivity contribution in [1.29, 1.82) is 0 Å². The SMILES string of the molecule is NS(=O)(=O)c1ccc(OCC(=O)N2CCOCC2)c(Br)c1. The highest BCUT2D eigenvalue weighted by atomic mass is 79.9. The molecule has 1 aliphatic heterocycles. The highest BCUT2D eigenvalue weighted by molar-refractivity contribution is 9.10. The lowest BCUT2D eigenvalue weighted by molar-refractivity contribution is -0.137. The van der Waals surface area contributed by atoms with Gasteiger partial charge in [-0.2, -0.15) is 0 Å². The van der Waals surface area contributed by atoms with Crippen LogP contribution in [0.2, 0.25) is 0 Å². The normalized spacial score (nSPS) is 15.8. The van der Waals surface area contributed by atoms with E-state index >= 15 is 0 Å². The zero-order valence-electron chi connectivity index (χ0n) is 11.1. The summed E-state index contributed by atoms with van der Waals surface area (Å²) in [7, 11) is -3.77. The Morgan fingerprint density at radius 1 is 1.38 bits per heavy atom. The highest BCUT2D eigenvalue weighted by Gasteiger charge is 2.18. The molecular weight excluding hydrogens is 364 g/mol. The molecule has 2 N–H and O–H groups in total. The zero-order chi connectivity index (χ0) is 15.5. The van der Waals surface area contributed by atoms with Crippen molar-refractivity contribution in [2.45, 2.75) is 4.90 Å². The minimum absolute atomic E-state index is 0.0266. The first-order chi connectivity index (χ1) is 9.88. The van der Waals surface area contributed by atoms with Gasteiger partial charge in [-0.3, -0.25) is 4.79 Å². The quantitative estimate of drug-likeness (QED) is 0.813. The number of benzene rings is 1. The van der Waals surface area contributed by atoms with E-state index in [0.29, 0.717) is 36.5 Å². The maximum atomic E-state index is 11.9. The summed E-state index contributed by atoms with van der Waals surface area (Å²) < 4.78 is 33.4. The second-order valence-corrected chi connectivity index (χ2v) is 6.83. The summed E-state index contributed by atoms with van der Waals surface area (Å²) in [5.74, 6) is 0.240. The Kier molecular flexibility index (Phi) is 5.20. The van der Waals surface area contributed by atoms with Crippen LogP contribution in [0.4, 0.5) is 0 Å². The Balaban J connectivity index is 1.98. The van der Waals surface area contributed by atoms with Crippen LogP contribution in [-0.4, -0.2) is 52.1 Å². The Morgan fingerprint density at radius 2 is 2.05 bits per heavy atom. The van der Waals surface area contributed by atoms with Crippen molar-refractivity contribution >= 4 is 31.9 Å². The van der Waals surface area contributed by atoms with Crippen LogP contribution in [0.25, 0.3) is 0 Å². The van der Waals surface area contributed by atoms with E-state index in [2.05, 4.69) is 15.9 Å². The molecule has 1 heterocycles. The molecule has 0 atom stereocenters. The molecule has 21 heavy (non-hydrogen) atoms. The van der Waals surface area contributed by atoms with Crippen LogP contribution in [0, 0.1) is 0 Å². The Morgan fingerprint density at radius 3 is 2.62 bits per heavy atom. The summed E-state index contributed by atoms with van der Waals surface area (Å²) in [5, 5.41) is 5.03. The maximum Gasteiger partial charge on any atom is 0.260 e. The number of carbonyl (C=O) groups excluding carboxylic acids is 1. The first kappa shape index (κ1) is 16.2. The van der Waals surface area contributed by atoms with Crippen molar-refractivity contribution in [2.24, 2.45) is 5.14 Å². The molecule has 116 valence electrons. The van der Waals surface area contributed by atoms with Crippen molar-refractivity contribution in [3.63, 3.8) is 0 Å². The molecule has 1 aliphatic rings. The molecule has 2 rings (SSSR count). The average Bonchev–Trinajstić information content (AvgIpc) is 2.45. The predicted molar refractivity (Wildman–Crippen MR) is 78.4 cm³/mol. The number of nitrogens with zero attached hydrogens (tertiary/aromatic N) is 1. The third-order valence-electron chi connectivity index (χ3n) is 2.95. The second-order valence-electron chi connectivity index (χ2n) is 4.42. The Hall–Kier alpha value is -1.16. The van der Waals surface area contributed by atoms with Gasteiger partial charge in [0, 0.05) is 13.1 Å². The summed E-state index contributed by atoms with van der Waals surface area (Å²) in [6, 6.07) is 4.12. The number of carbonyl (C=O) groups is 1. The number of nitrogens with two attached hydrogens (primary N) is 1. The second kappa shape index (κ2) is 6.73. The molecule has 1 amide bonds.